The van der Waals surface area contributed by atoms with Crippen molar-refractivity contribution in [2.45, 2.75) is 25.5 Å². The number of aliphatic hydroxyl groups is 1. The first-order chi connectivity index (χ1) is 10.5. The molecule has 0 saturated heterocycles. The number of aromatic amines is 1. The standard InChI is InChI=1S/C14H14N4O4/c1-7-13(18(21)22)12(17-16-7)14(20)15-11-9-5-3-2-4-8(9)6-10(11)19/h2-5,10-11,19H,6H2,1H3,(H,15,20)(H,16,17). The van der Waals surface area contributed by atoms with Crippen molar-refractivity contribution in [2.75, 3.05) is 0 Å². The Hall–Kier alpha value is -2.74. The van der Waals surface area contributed by atoms with Crippen molar-refractivity contribution in [2.24, 2.45) is 0 Å². The normalized spacial score (nSPS) is 19.7. The Balaban J connectivity index is 1.88. The lowest BCUT2D eigenvalue weighted by Gasteiger charge is -2.17. The number of amides is 1. The van der Waals surface area contributed by atoms with Gasteiger partial charge in [-0.2, -0.15) is 5.10 Å². The Morgan fingerprint density at radius 2 is 2.23 bits per heavy atom. The Morgan fingerprint density at radius 3 is 2.95 bits per heavy atom. The summed E-state index contributed by atoms with van der Waals surface area (Å²) in [5.74, 6) is -0.684. The molecular formula is C14H14N4O4. The molecule has 1 aromatic carbocycles. The first-order valence-corrected chi connectivity index (χ1v) is 6.75. The molecule has 22 heavy (non-hydrogen) atoms. The van der Waals surface area contributed by atoms with Gasteiger partial charge in [-0.25, -0.2) is 0 Å². The third-order valence-electron chi connectivity index (χ3n) is 3.80. The summed E-state index contributed by atoms with van der Waals surface area (Å²) in [6.45, 7) is 1.47. The van der Waals surface area contributed by atoms with Gasteiger partial charge in [-0.3, -0.25) is 20.0 Å². The van der Waals surface area contributed by atoms with Gasteiger partial charge in [0.1, 0.15) is 5.69 Å². The number of carbonyl (C=O) groups excluding carboxylic acids is 1. The number of H-pyrrole nitrogens is 1. The zero-order valence-corrected chi connectivity index (χ0v) is 11.7. The molecule has 2 unspecified atom stereocenters. The van der Waals surface area contributed by atoms with Gasteiger partial charge in [0.15, 0.2) is 0 Å². The molecule has 0 radical (unpaired) electrons. The number of hydrogen-bond donors (Lipinski definition) is 3. The van der Waals surface area contributed by atoms with Crippen LogP contribution in [0.25, 0.3) is 0 Å². The Labute approximate surface area is 125 Å². The smallest absolute Gasteiger partial charge is 0.322 e. The monoisotopic (exact) mass is 302 g/mol. The van der Waals surface area contributed by atoms with Gasteiger partial charge in [-0.05, 0) is 18.1 Å². The highest BCUT2D eigenvalue weighted by Gasteiger charge is 2.35. The fourth-order valence-corrected chi connectivity index (χ4v) is 2.76. The fourth-order valence-electron chi connectivity index (χ4n) is 2.76. The highest BCUT2D eigenvalue weighted by Crippen LogP contribution is 2.32. The Morgan fingerprint density at radius 1 is 1.50 bits per heavy atom. The van der Waals surface area contributed by atoms with Crippen molar-refractivity contribution in [1.29, 1.82) is 0 Å². The van der Waals surface area contributed by atoms with Crippen LogP contribution in [0.15, 0.2) is 24.3 Å². The van der Waals surface area contributed by atoms with Crippen LogP contribution in [0, 0.1) is 17.0 Å². The summed E-state index contributed by atoms with van der Waals surface area (Å²) >= 11 is 0. The van der Waals surface area contributed by atoms with Crippen molar-refractivity contribution in [1.82, 2.24) is 15.5 Å². The Kier molecular flexibility index (Phi) is 3.38. The molecule has 0 saturated carbocycles. The third-order valence-corrected chi connectivity index (χ3v) is 3.80. The molecule has 0 fully saturated rings. The third kappa shape index (κ3) is 2.23. The molecule has 8 nitrogen and oxygen atoms in total. The lowest BCUT2D eigenvalue weighted by atomic mass is 10.1. The van der Waals surface area contributed by atoms with Crippen LogP contribution >= 0.6 is 0 Å². The number of fused-ring (bicyclic) bond motifs is 1. The summed E-state index contributed by atoms with van der Waals surface area (Å²) in [5, 5.41) is 29.9. The van der Waals surface area contributed by atoms with Crippen LogP contribution in [0.3, 0.4) is 0 Å². The minimum Gasteiger partial charge on any atom is -0.390 e. The average molecular weight is 302 g/mol. The fraction of sp³-hybridized carbons (Fsp3) is 0.286. The number of nitro groups is 1. The molecule has 0 bridgehead atoms. The van der Waals surface area contributed by atoms with Crippen LogP contribution in [0.1, 0.15) is 33.4 Å². The van der Waals surface area contributed by atoms with Crippen LogP contribution < -0.4 is 5.32 Å². The van der Waals surface area contributed by atoms with Crippen molar-refractivity contribution in [3.05, 3.63) is 56.9 Å². The summed E-state index contributed by atoms with van der Waals surface area (Å²) in [6.07, 6.45) is -0.330. The maximum absolute atomic E-state index is 12.3. The van der Waals surface area contributed by atoms with E-state index in [2.05, 4.69) is 15.5 Å². The molecule has 3 N–H and O–H groups in total. The van der Waals surface area contributed by atoms with E-state index in [4.69, 9.17) is 0 Å². The highest BCUT2D eigenvalue weighted by molar-refractivity contribution is 5.96. The van der Waals surface area contributed by atoms with Gasteiger partial charge in [0.05, 0.1) is 17.1 Å². The van der Waals surface area contributed by atoms with Crippen LogP contribution in [-0.4, -0.2) is 32.2 Å². The molecule has 0 aliphatic heterocycles. The number of aryl methyl sites for hydroxylation is 1. The van der Waals surface area contributed by atoms with E-state index in [1.807, 2.05) is 24.3 Å². The number of rotatable bonds is 3. The summed E-state index contributed by atoms with van der Waals surface area (Å²) in [7, 11) is 0. The molecule has 1 amide bonds. The number of nitrogens with zero attached hydrogens (tertiary/aromatic N) is 2. The van der Waals surface area contributed by atoms with Crippen LogP contribution in [0.4, 0.5) is 5.69 Å². The lowest BCUT2D eigenvalue weighted by molar-refractivity contribution is -0.385. The number of carbonyl (C=O) groups is 1. The van der Waals surface area contributed by atoms with E-state index < -0.39 is 23.0 Å². The number of hydrogen-bond acceptors (Lipinski definition) is 5. The van der Waals surface area contributed by atoms with Crippen molar-refractivity contribution < 1.29 is 14.8 Å². The Bertz CT molecular complexity index is 755. The average Bonchev–Trinajstić information content (AvgIpc) is 3.00. The maximum Gasteiger partial charge on any atom is 0.322 e. The van der Waals surface area contributed by atoms with E-state index in [9.17, 15) is 20.0 Å². The molecule has 0 spiro atoms. The van der Waals surface area contributed by atoms with E-state index in [1.165, 1.54) is 6.92 Å². The molecule has 1 aromatic heterocycles. The predicted octanol–water partition coefficient (Wildman–Crippen LogP) is 1.01. The van der Waals surface area contributed by atoms with Gasteiger partial charge in [0.2, 0.25) is 5.69 Å². The molecule has 2 aromatic rings. The van der Waals surface area contributed by atoms with Crippen molar-refractivity contribution in [3.63, 3.8) is 0 Å². The van der Waals surface area contributed by atoms with Gasteiger partial charge in [0, 0.05) is 6.42 Å². The largest absolute Gasteiger partial charge is 0.390 e. The summed E-state index contributed by atoms with van der Waals surface area (Å²) in [6, 6.07) is 6.78. The highest BCUT2D eigenvalue weighted by atomic mass is 16.6. The summed E-state index contributed by atoms with van der Waals surface area (Å²) < 4.78 is 0. The molecule has 8 heteroatoms. The number of benzene rings is 1. The quantitative estimate of drug-likeness (QED) is 0.577. The minimum atomic E-state index is -0.763. The maximum atomic E-state index is 12.3. The molecule has 1 aliphatic rings. The van der Waals surface area contributed by atoms with E-state index in [0.29, 0.717) is 6.42 Å². The molecule has 114 valence electrons. The number of aromatic nitrogens is 2. The van der Waals surface area contributed by atoms with Crippen LogP contribution in [0.2, 0.25) is 0 Å². The van der Waals surface area contributed by atoms with E-state index >= 15 is 0 Å². The molecule has 3 rings (SSSR count). The van der Waals surface area contributed by atoms with Gasteiger partial charge in [-0.1, -0.05) is 24.3 Å². The topological polar surface area (TPSA) is 121 Å². The first-order valence-electron chi connectivity index (χ1n) is 6.75. The predicted molar refractivity (Wildman–Crippen MR) is 76.3 cm³/mol. The van der Waals surface area contributed by atoms with Crippen molar-refractivity contribution >= 4 is 11.6 Å². The molecular weight excluding hydrogens is 288 g/mol. The molecule has 1 aliphatic carbocycles. The van der Waals surface area contributed by atoms with Gasteiger partial charge < -0.3 is 10.4 Å². The van der Waals surface area contributed by atoms with Crippen LogP contribution in [-0.2, 0) is 6.42 Å². The van der Waals surface area contributed by atoms with Crippen LogP contribution in [0.5, 0.6) is 0 Å². The summed E-state index contributed by atoms with van der Waals surface area (Å²) in [4.78, 5) is 22.7. The van der Waals surface area contributed by atoms with Gasteiger partial charge in [0.25, 0.3) is 5.91 Å². The zero-order valence-electron chi connectivity index (χ0n) is 11.7. The molecule has 2 atom stereocenters. The SMILES string of the molecule is Cc1[nH]nc(C(=O)NC2c3ccccc3CC2O)c1[N+](=O)[O-]. The second kappa shape index (κ2) is 5.23. The second-order valence-electron chi connectivity index (χ2n) is 5.22. The van der Waals surface area contributed by atoms with Gasteiger partial charge >= 0.3 is 5.69 Å². The van der Waals surface area contributed by atoms with Crippen molar-refractivity contribution in [3.8, 4) is 0 Å². The minimum absolute atomic E-state index is 0.211. The first kappa shape index (κ1) is 14.2. The second-order valence-corrected chi connectivity index (χ2v) is 5.22. The summed E-state index contributed by atoms with van der Waals surface area (Å²) in [5.41, 5.74) is 1.35. The van der Waals surface area contributed by atoms with Gasteiger partial charge in [-0.15, -0.1) is 0 Å². The molecule has 1 heterocycles. The number of nitrogens with one attached hydrogen (secondary N) is 2. The zero-order chi connectivity index (χ0) is 15.9. The van der Waals surface area contributed by atoms with E-state index in [0.717, 1.165) is 11.1 Å². The van der Waals surface area contributed by atoms with E-state index in [1.54, 1.807) is 0 Å². The lowest BCUT2D eigenvalue weighted by Crippen LogP contribution is -2.34. The van der Waals surface area contributed by atoms with E-state index in [-0.39, 0.29) is 17.1 Å². The number of aliphatic hydroxyl groups excluding tert-OH is 1.